The third kappa shape index (κ3) is 3.61. The molecule has 2 amide bonds. The summed E-state index contributed by atoms with van der Waals surface area (Å²) in [5.41, 5.74) is 1.22. The third-order valence-corrected chi connectivity index (χ3v) is 8.09. The van der Waals surface area contributed by atoms with E-state index in [1.807, 2.05) is 12.1 Å². The van der Waals surface area contributed by atoms with Crippen LogP contribution < -0.4 is 4.74 Å². The summed E-state index contributed by atoms with van der Waals surface area (Å²) in [5, 5.41) is 0. The molecule has 3 heterocycles. The molecule has 0 aromatic heterocycles. The van der Waals surface area contributed by atoms with Crippen molar-refractivity contribution in [2.45, 2.75) is 69.9 Å². The molecule has 1 saturated carbocycles. The zero-order chi connectivity index (χ0) is 20.7. The summed E-state index contributed by atoms with van der Waals surface area (Å²) < 4.78 is 5.43. The van der Waals surface area contributed by atoms with Gasteiger partial charge in [-0.25, -0.2) is 0 Å². The highest BCUT2D eigenvalue weighted by Gasteiger charge is 2.50. The number of amides is 2. The Morgan fingerprint density at radius 1 is 1.10 bits per heavy atom. The second-order valence-corrected chi connectivity index (χ2v) is 9.86. The molecule has 0 spiro atoms. The molecule has 2 bridgehead atoms. The topological polar surface area (TPSA) is 49.9 Å². The van der Waals surface area contributed by atoms with Crippen LogP contribution in [0.4, 0.5) is 0 Å². The predicted molar refractivity (Wildman–Crippen MR) is 115 cm³/mol. The second-order valence-electron chi connectivity index (χ2n) is 9.86. The van der Waals surface area contributed by atoms with Crippen LogP contribution in [0.3, 0.4) is 0 Å². The maximum Gasteiger partial charge on any atom is 0.225 e. The molecule has 3 aliphatic heterocycles. The Labute approximate surface area is 179 Å². The van der Waals surface area contributed by atoms with Gasteiger partial charge in [0.05, 0.1) is 7.11 Å². The number of hydrogen-bond acceptors (Lipinski definition) is 3. The quantitative estimate of drug-likeness (QED) is 0.761. The van der Waals surface area contributed by atoms with E-state index in [4.69, 9.17) is 4.74 Å². The largest absolute Gasteiger partial charge is 0.497 e. The zero-order valence-corrected chi connectivity index (χ0v) is 18.1. The Morgan fingerprint density at radius 3 is 2.70 bits per heavy atom. The summed E-state index contributed by atoms with van der Waals surface area (Å²) in [6.45, 7) is 1.67. The number of hydrogen-bond donors (Lipinski definition) is 0. The van der Waals surface area contributed by atoms with E-state index >= 15 is 0 Å². The van der Waals surface area contributed by atoms with E-state index in [9.17, 15) is 9.59 Å². The van der Waals surface area contributed by atoms with Gasteiger partial charge >= 0.3 is 0 Å². The highest BCUT2D eigenvalue weighted by Crippen LogP contribution is 2.43. The summed E-state index contributed by atoms with van der Waals surface area (Å²) in [4.78, 5) is 30.7. The number of ether oxygens (including phenoxy) is 1. The van der Waals surface area contributed by atoms with Crippen molar-refractivity contribution in [2.24, 2.45) is 17.8 Å². The third-order valence-electron chi connectivity index (χ3n) is 8.09. The van der Waals surface area contributed by atoms with Gasteiger partial charge in [-0.15, -0.1) is 0 Å². The number of rotatable bonds is 4. The van der Waals surface area contributed by atoms with Crippen LogP contribution in [0.1, 0.15) is 56.9 Å². The van der Waals surface area contributed by atoms with Crippen molar-refractivity contribution in [2.75, 3.05) is 20.2 Å². The molecule has 5 nitrogen and oxygen atoms in total. The number of benzene rings is 1. The van der Waals surface area contributed by atoms with Gasteiger partial charge in [-0.05, 0) is 68.1 Å². The maximum atomic E-state index is 13.2. The Morgan fingerprint density at radius 2 is 1.90 bits per heavy atom. The van der Waals surface area contributed by atoms with Crippen LogP contribution in [0.15, 0.2) is 24.3 Å². The van der Waals surface area contributed by atoms with E-state index in [1.54, 1.807) is 7.11 Å². The molecule has 4 aliphatic rings. The molecule has 0 N–H and O–H groups in total. The normalized spacial score (nSPS) is 31.6. The molecule has 5 rings (SSSR count). The van der Waals surface area contributed by atoms with Gasteiger partial charge in [-0.2, -0.15) is 0 Å². The van der Waals surface area contributed by atoms with Gasteiger partial charge in [0.1, 0.15) is 5.75 Å². The number of methoxy groups -OCH3 is 1. The summed E-state index contributed by atoms with van der Waals surface area (Å²) in [7, 11) is 1.70. The first-order chi connectivity index (χ1) is 14.6. The minimum atomic E-state index is 0.185. The van der Waals surface area contributed by atoms with Crippen molar-refractivity contribution in [1.82, 2.24) is 9.80 Å². The van der Waals surface area contributed by atoms with Gasteiger partial charge in [-0.1, -0.05) is 25.0 Å². The first kappa shape index (κ1) is 19.9. The average Bonchev–Trinajstić information content (AvgIpc) is 3.31. The maximum absolute atomic E-state index is 13.2. The van der Waals surface area contributed by atoms with Crippen LogP contribution in [-0.2, 0) is 16.0 Å². The van der Waals surface area contributed by atoms with Gasteiger partial charge < -0.3 is 14.5 Å². The average molecular weight is 411 g/mol. The van der Waals surface area contributed by atoms with Crippen molar-refractivity contribution in [3.05, 3.63) is 29.8 Å². The highest BCUT2D eigenvalue weighted by molar-refractivity contribution is 5.80. The monoisotopic (exact) mass is 410 g/mol. The van der Waals surface area contributed by atoms with Crippen LogP contribution in [-0.4, -0.2) is 53.9 Å². The van der Waals surface area contributed by atoms with E-state index in [-0.39, 0.29) is 12.0 Å². The van der Waals surface area contributed by atoms with Crippen molar-refractivity contribution < 1.29 is 14.3 Å². The van der Waals surface area contributed by atoms with Gasteiger partial charge in [0.25, 0.3) is 0 Å². The van der Waals surface area contributed by atoms with Crippen molar-refractivity contribution >= 4 is 11.8 Å². The molecule has 162 valence electrons. The number of nitrogens with zero attached hydrogens (tertiary/aromatic N) is 2. The Balaban J connectivity index is 1.41. The second kappa shape index (κ2) is 8.24. The van der Waals surface area contributed by atoms with E-state index in [0.29, 0.717) is 36.1 Å². The SMILES string of the molecule is COc1cccc(C[C@H]2[C@H]3C[C@H](CN(C(=O)C4CCCC4)C3)[C@@H]3CCCC(=O)N32)c1. The number of likely N-dealkylation sites (tertiary alicyclic amines) is 1. The van der Waals surface area contributed by atoms with Crippen molar-refractivity contribution in [3.63, 3.8) is 0 Å². The van der Waals surface area contributed by atoms with Crippen LogP contribution in [0, 0.1) is 17.8 Å². The smallest absolute Gasteiger partial charge is 0.225 e. The van der Waals surface area contributed by atoms with Crippen LogP contribution in [0.25, 0.3) is 0 Å². The number of carbonyl (C=O) groups is 2. The first-order valence-electron chi connectivity index (χ1n) is 11.9. The fourth-order valence-corrected chi connectivity index (χ4v) is 6.69. The van der Waals surface area contributed by atoms with Crippen molar-refractivity contribution in [1.29, 1.82) is 0 Å². The predicted octanol–water partition coefficient (Wildman–Crippen LogP) is 3.66. The van der Waals surface area contributed by atoms with Crippen LogP contribution in [0.5, 0.6) is 5.75 Å². The molecule has 30 heavy (non-hydrogen) atoms. The highest BCUT2D eigenvalue weighted by atomic mass is 16.5. The molecular formula is C25H34N2O3. The molecule has 5 heteroatoms. The molecule has 3 saturated heterocycles. The summed E-state index contributed by atoms with van der Waals surface area (Å²) in [5.74, 6) is 2.63. The lowest BCUT2D eigenvalue weighted by Gasteiger charge is -2.57. The van der Waals surface area contributed by atoms with Crippen LogP contribution in [0.2, 0.25) is 0 Å². The molecule has 0 unspecified atom stereocenters. The molecule has 1 aliphatic carbocycles. The van der Waals surface area contributed by atoms with E-state index < -0.39 is 0 Å². The Hall–Kier alpha value is -2.04. The molecule has 1 aromatic carbocycles. The summed E-state index contributed by atoms with van der Waals surface area (Å²) >= 11 is 0. The van der Waals surface area contributed by atoms with Gasteiger partial charge in [0.15, 0.2) is 0 Å². The zero-order valence-electron chi connectivity index (χ0n) is 18.1. The minimum absolute atomic E-state index is 0.185. The Kier molecular flexibility index (Phi) is 5.46. The number of carbonyl (C=O) groups excluding carboxylic acids is 2. The lowest BCUT2D eigenvalue weighted by Crippen LogP contribution is -2.66. The minimum Gasteiger partial charge on any atom is -0.497 e. The summed E-state index contributed by atoms with van der Waals surface area (Å²) in [6.07, 6.45) is 9.26. The van der Waals surface area contributed by atoms with Crippen molar-refractivity contribution in [3.8, 4) is 5.75 Å². The van der Waals surface area contributed by atoms with E-state index in [1.165, 1.54) is 18.4 Å². The molecular weight excluding hydrogens is 376 g/mol. The lowest BCUT2D eigenvalue weighted by molar-refractivity contribution is -0.157. The Bertz CT molecular complexity index is 803. The molecule has 4 fully saturated rings. The van der Waals surface area contributed by atoms with E-state index in [2.05, 4.69) is 21.9 Å². The fraction of sp³-hybridized carbons (Fsp3) is 0.680. The molecule has 1 aromatic rings. The number of piperidine rings is 3. The number of fused-ring (bicyclic) bond motifs is 4. The lowest BCUT2D eigenvalue weighted by atomic mass is 9.70. The van der Waals surface area contributed by atoms with Crippen LogP contribution >= 0.6 is 0 Å². The summed E-state index contributed by atoms with van der Waals surface area (Å²) in [6, 6.07) is 8.73. The fourth-order valence-electron chi connectivity index (χ4n) is 6.69. The first-order valence-corrected chi connectivity index (χ1v) is 11.9. The standard InChI is InChI=1S/C25H34N2O3/c1-30-21-9-4-6-17(12-21)13-23-20-14-19(22-10-5-11-24(28)27(22)23)15-26(16-20)25(29)18-7-2-3-8-18/h4,6,9,12,18-20,22-23H,2-3,5,7-8,10-11,13-16H2,1H3/t19-,20+,22+,23+/m1/s1. The molecule has 0 radical (unpaired) electrons. The van der Waals surface area contributed by atoms with Gasteiger partial charge in [0.2, 0.25) is 11.8 Å². The molecule has 4 atom stereocenters. The van der Waals surface area contributed by atoms with Gasteiger partial charge in [-0.3, -0.25) is 9.59 Å². The van der Waals surface area contributed by atoms with E-state index in [0.717, 1.165) is 57.4 Å². The van der Waals surface area contributed by atoms with Gasteiger partial charge in [0, 0.05) is 37.5 Å².